The van der Waals surface area contributed by atoms with Crippen LogP contribution in [-0.4, -0.2) is 16.1 Å². The van der Waals surface area contributed by atoms with Crippen molar-refractivity contribution >= 4 is 21.9 Å². The fraction of sp³-hybridized carbons (Fsp3) is 0.0714. The van der Waals surface area contributed by atoms with Gasteiger partial charge in [0.2, 0.25) is 0 Å². The summed E-state index contributed by atoms with van der Waals surface area (Å²) in [6.07, 6.45) is 1.27. The lowest BCUT2D eigenvalue weighted by molar-refractivity contribution is 0.0696. The van der Waals surface area contributed by atoms with E-state index in [1.165, 1.54) is 12.3 Å². The first-order valence-corrected chi connectivity index (χ1v) is 6.40. The van der Waals surface area contributed by atoms with Gasteiger partial charge >= 0.3 is 5.97 Å². The quantitative estimate of drug-likeness (QED) is 0.930. The third-order valence-corrected chi connectivity index (χ3v) is 3.00. The Morgan fingerprint density at radius 3 is 2.80 bits per heavy atom. The number of rotatable bonds is 4. The molecule has 0 unspecified atom stereocenters. The molecule has 2 aromatic rings. The minimum absolute atomic E-state index is 0.120. The van der Waals surface area contributed by atoms with Crippen LogP contribution in [0.4, 0.5) is 0 Å². The Kier molecular flexibility index (Phi) is 4.33. The number of nitriles is 1. The Morgan fingerprint density at radius 2 is 2.20 bits per heavy atom. The molecule has 20 heavy (non-hydrogen) atoms. The summed E-state index contributed by atoms with van der Waals surface area (Å²) >= 11 is 3.28. The maximum absolute atomic E-state index is 10.7. The van der Waals surface area contributed by atoms with Gasteiger partial charge < -0.3 is 9.84 Å². The summed E-state index contributed by atoms with van der Waals surface area (Å²) < 4.78 is 6.31. The molecule has 6 heteroatoms. The Balaban J connectivity index is 2.09. The van der Waals surface area contributed by atoms with Crippen LogP contribution in [0, 0.1) is 11.3 Å². The Hall–Kier alpha value is -2.39. The predicted octanol–water partition coefficient (Wildman–Crippen LogP) is 2.99. The fourth-order valence-corrected chi connectivity index (χ4v) is 1.86. The topological polar surface area (TPSA) is 83.2 Å². The van der Waals surface area contributed by atoms with E-state index in [1.807, 2.05) is 6.07 Å². The standard InChI is InChI=1S/C14H9BrN2O3/c15-11-2-4-13(10(5-11)6-16)20-8-12-3-1-9(7-17-12)14(18)19/h1-5,7H,8H2,(H,18,19). The lowest BCUT2D eigenvalue weighted by Crippen LogP contribution is -2.02. The zero-order valence-electron chi connectivity index (χ0n) is 10.2. The smallest absolute Gasteiger partial charge is 0.337 e. The third kappa shape index (κ3) is 3.33. The molecule has 1 aromatic heterocycles. The van der Waals surface area contributed by atoms with Gasteiger partial charge in [0.25, 0.3) is 0 Å². The molecule has 0 spiro atoms. The summed E-state index contributed by atoms with van der Waals surface area (Å²) in [7, 11) is 0. The van der Waals surface area contributed by atoms with Crippen molar-refractivity contribution in [2.75, 3.05) is 0 Å². The second-order valence-electron chi connectivity index (χ2n) is 3.88. The molecule has 5 nitrogen and oxygen atoms in total. The number of carboxylic acid groups (broad SMARTS) is 1. The van der Waals surface area contributed by atoms with Crippen LogP contribution in [-0.2, 0) is 6.61 Å². The van der Waals surface area contributed by atoms with Gasteiger partial charge in [-0.1, -0.05) is 15.9 Å². The van der Waals surface area contributed by atoms with E-state index in [9.17, 15) is 4.79 Å². The number of aromatic carboxylic acids is 1. The molecule has 0 aliphatic heterocycles. The Labute approximate surface area is 123 Å². The number of pyridine rings is 1. The van der Waals surface area contributed by atoms with Crippen molar-refractivity contribution in [3.8, 4) is 11.8 Å². The molecule has 1 heterocycles. The summed E-state index contributed by atoms with van der Waals surface area (Å²) in [5, 5.41) is 17.8. The molecule has 0 bridgehead atoms. The molecule has 0 aliphatic rings. The largest absolute Gasteiger partial charge is 0.486 e. The minimum Gasteiger partial charge on any atom is -0.486 e. The number of aromatic nitrogens is 1. The van der Waals surface area contributed by atoms with E-state index in [4.69, 9.17) is 15.1 Å². The van der Waals surface area contributed by atoms with Crippen molar-refractivity contribution in [3.63, 3.8) is 0 Å². The average Bonchev–Trinajstić information content (AvgIpc) is 2.46. The molecule has 0 saturated heterocycles. The van der Waals surface area contributed by atoms with E-state index < -0.39 is 5.97 Å². The first kappa shape index (κ1) is 14.0. The molecule has 0 aliphatic carbocycles. The number of hydrogen-bond acceptors (Lipinski definition) is 4. The van der Waals surface area contributed by atoms with Crippen LogP contribution < -0.4 is 4.74 Å². The molecule has 0 saturated carbocycles. The van der Waals surface area contributed by atoms with Gasteiger partial charge in [-0.05, 0) is 30.3 Å². The van der Waals surface area contributed by atoms with Crippen molar-refractivity contribution < 1.29 is 14.6 Å². The molecule has 1 N–H and O–H groups in total. The van der Waals surface area contributed by atoms with Crippen LogP contribution in [0.2, 0.25) is 0 Å². The van der Waals surface area contributed by atoms with Crippen LogP contribution in [0.3, 0.4) is 0 Å². The van der Waals surface area contributed by atoms with Gasteiger partial charge in [-0.25, -0.2) is 4.79 Å². The molecule has 0 fully saturated rings. The van der Waals surface area contributed by atoms with Crippen molar-refractivity contribution in [3.05, 3.63) is 57.8 Å². The van der Waals surface area contributed by atoms with Gasteiger partial charge in [-0.2, -0.15) is 5.26 Å². The van der Waals surface area contributed by atoms with Crippen LogP contribution in [0.15, 0.2) is 41.0 Å². The number of benzene rings is 1. The molecule has 100 valence electrons. The number of nitrogens with zero attached hydrogens (tertiary/aromatic N) is 2. The number of hydrogen-bond donors (Lipinski definition) is 1. The van der Waals surface area contributed by atoms with E-state index in [1.54, 1.807) is 24.3 Å². The van der Waals surface area contributed by atoms with E-state index in [2.05, 4.69) is 20.9 Å². The zero-order valence-corrected chi connectivity index (χ0v) is 11.8. The predicted molar refractivity (Wildman–Crippen MR) is 74.4 cm³/mol. The van der Waals surface area contributed by atoms with Crippen molar-refractivity contribution in [1.82, 2.24) is 4.98 Å². The van der Waals surface area contributed by atoms with E-state index in [0.717, 1.165) is 4.47 Å². The maximum Gasteiger partial charge on any atom is 0.337 e. The highest BCUT2D eigenvalue weighted by Gasteiger charge is 2.06. The van der Waals surface area contributed by atoms with Gasteiger partial charge in [-0.3, -0.25) is 4.98 Å². The van der Waals surface area contributed by atoms with E-state index >= 15 is 0 Å². The molecule has 2 rings (SSSR count). The number of halogens is 1. The molecule has 1 aromatic carbocycles. The van der Waals surface area contributed by atoms with E-state index in [-0.39, 0.29) is 12.2 Å². The molecular formula is C14H9BrN2O3. The van der Waals surface area contributed by atoms with Crippen molar-refractivity contribution in [2.45, 2.75) is 6.61 Å². The summed E-state index contributed by atoms with van der Waals surface area (Å²) in [6.45, 7) is 0.163. The molecular weight excluding hydrogens is 324 g/mol. The summed E-state index contributed by atoms with van der Waals surface area (Å²) in [5.41, 5.74) is 1.12. The minimum atomic E-state index is -1.02. The second kappa shape index (κ2) is 6.17. The molecule has 0 amide bonds. The molecule has 0 radical (unpaired) electrons. The summed E-state index contributed by atoms with van der Waals surface area (Å²) in [5.74, 6) is -0.565. The van der Waals surface area contributed by atoms with Gasteiger partial charge in [0.15, 0.2) is 0 Å². The Morgan fingerprint density at radius 1 is 1.40 bits per heavy atom. The second-order valence-corrected chi connectivity index (χ2v) is 4.80. The van der Waals surface area contributed by atoms with Crippen molar-refractivity contribution in [1.29, 1.82) is 5.26 Å². The number of carboxylic acids is 1. The van der Waals surface area contributed by atoms with Crippen molar-refractivity contribution in [2.24, 2.45) is 0 Å². The lowest BCUT2D eigenvalue weighted by Gasteiger charge is -2.07. The van der Waals surface area contributed by atoms with Crippen LogP contribution in [0.5, 0.6) is 5.75 Å². The highest BCUT2D eigenvalue weighted by Crippen LogP contribution is 2.23. The van der Waals surface area contributed by atoms with Crippen LogP contribution >= 0.6 is 15.9 Å². The molecule has 0 atom stereocenters. The zero-order chi connectivity index (χ0) is 14.5. The highest BCUT2D eigenvalue weighted by molar-refractivity contribution is 9.10. The number of carbonyl (C=O) groups is 1. The van der Waals surface area contributed by atoms with Gasteiger partial charge in [0.1, 0.15) is 18.4 Å². The monoisotopic (exact) mass is 332 g/mol. The van der Waals surface area contributed by atoms with Gasteiger partial charge in [0.05, 0.1) is 16.8 Å². The maximum atomic E-state index is 10.7. The summed E-state index contributed by atoms with van der Waals surface area (Å²) in [4.78, 5) is 14.7. The first-order chi connectivity index (χ1) is 9.60. The lowest BCUT2D eigenvalue weighted by atomic mass is 10.2. The SMILES string of the molecule is N#Cc1cc(Br)ccc1OCc1ccc(C(=O)O)cn1. The van der Waals surface area contributed by atoms with Gasteiger partial charge in [0, 0.05) is 10.7 Å². The summed E-state index contributed by atoms with van der Waals surface area (Å²) in [6, 6.07) is 10.2. The van der Waals surface area contributed by atoms with Crippen LogP contribution in [0.25, 0.3) is 0 Å². The normalized spacial score (nSPS) is 9.80. The average molecular weight is 333 g/mol. The van der Waals surface area contributed by atoms with E-state index in [0.29, 0.717) is 17.0 Å². The highest BCUT2D eigenvalue weighted by atomic mass is 79.9. The third-order valence-electron chi connectivity index (χ3n) is 2.51. The van der Waals surface area contributed by atoms with Crippen LogP contribution in [0.1, 0.15) is 21.6 Å². The van der Waals surface area contributed by atoms with Gasteiger partial charge in [-0.15, -0.1) is 0 Å². The first-order valence-electron chi connectivity index (χ1n) is 5.61. The fourth-order valence-electron chi connectivity index (χ4n) is 1.50. The number of ether oxygens (including phenoxy) is 1. The Bertz CT molecular complexity index is 678.